The maximum absolute atomic E-state index is 12.6. The molecule has 0 aromatic rings. The van der Waals surface area contributed by atoms with Crippen LogP contribution >= 0.6 is 0 Å². The first-order valence-electron chi connectivity index (χ1n) is 7.79. The van der Waals surface area contributed by atoms with Crippen molar-refractivity contribution in [1.82, 2.24) is 4.90 Å². The number of carbonyl (C=O) groups excluding carboxylic acids is 1. The summed E-state index contributed by atoms with van der Waals surface area (Å²) in [5.74, 6) is -0.674. The number of hydrogen-bond donors (Lipinski definition) is 1. The molecule has 0 saturated heterocycles. The summed E-state index contributed by atoms with van der Waals surface area (Å²) in [6, 6.07) is 0.370. The van der Waals surface area contributed by atoms with E-state index < -0.39 is 5.97 Å². The van der Waals surface area contributed by atoms with Gasteiger partial charge in [-0.3, -0.25) is 9.59 Å². The van der Waals surface area contributed by atoms with Gasteiger partial charge >= 0.3 is 5.97 Å². The molecule has 2 aliphatic carbocycles. The van der Waals surface area contributed by atoms with Crippen molar-refractivity contribution >= 4 is 11.9 Å². The molecule has 114 valence electrons. The lowest BCUT2D eigenvalue weighted by atomic mass is 9.81. The van der Waals surface area contributed by atoms with Gasteiger partial charge in [0.15, 0.2) is 0 Å². The third-order valence-corrected chi connectivity index (χ3v) is 5.26. The van der Waals surface area contributed by atoms with Gasteiger partial charge in [0.1, 0.15) is 0 Å². The van der Waals surface area contributed by atoms with Crippen molar-refractivity contribution in [2.75, 3.05) is 7.05 Å². The van der Waals surface area contributed by atoms with Gasteiger partial charge in [0.2, 0.25) is 5.91 Å². The summed E-state index contributed by atoms with van der Waals surface area (Å²) in [5, 5.41) is 9.01. The van der Waals surface area contributed by atoms with Crippen molar-refractivity contribution in [2.24, 2.45) is 17.3 Å². The Kier molecular flexibility index (Phi) is 4.40. The largest absolute Gasteiger partial charge is 0.481 e. The molecule has 1 amide bonds. The summed E-state index contributed by atoms with van der Waals surface area (Å²) < 4.78 is 0. The van der Waals surface area contributed by atoms with Gasteiger partial charge in [-0.1, -0.05) is 13.8 Å². The van der Waals surface area contributed by atoms with Crippen LogP contribution in [0.25, 0.3) is 0 Å². The highest BCUT2D eigenvalue weighted by Gasteiger charge is 2.37. The zero-order chi connectivity index (χ0) is 14.9. The van der Waals surface area contributed by atoms with Crippen molar-refractivity contribution < 1.29 is 14.7 Å². The summed E-state index contributed by atoms with van der Waals surface area (Å²) in [7, 11) is 1.93. The fourth-order valence-electron chi connectivity index (χ4n) is 3.79. The van der Waals surface area contributed by atoms with Crippen LogP contribution in [-0.2, 0) is 9.59 Å². The average molecular weight is 281 g/mol. The fourth-order valence-corrected chi connectivity index (χ4v) is 3.79. The van der Waals surface area contributed by atoms with Gasteiger partial charge < -0.3 is 10.0 Å². The average Bonchev–Trinajstić information content (AvgIpc) is 2.77. The second-order valence-electron chi connectivity index (χ2n) is 7.40. The molecule has 2 aliphatic rings. The van der Waals surface area contributed by atoms with E-state index in [-0.39, 0.29) is 17.7 Å². The molecule has 0 aliphatic heterocycles. The van der Waals surface area contributed by atoms with E-state index in [4.69, 9.17) is 5.11 Å². The van der Waals surface area contributed by atoms with Crippen molar-refractivity contribution in [3.63, 3.8) is 0 Å². The van der Waals surface area contributed by atoms with Gasteiger partial charge in [0.25, 0.3) is 0 Å². The van der Waals surface area contributed by atoms with Crippen LogP contribution in [0.5, 0.6) is 0 Å². The van der Waals surface area contributed by atoms with Gasteiger partial charge in [-0.25, -0.2) is 0 Å². The molecule has 2 rings (SSSR count). The summed E-state index contributed by atoms with van der Waals surface area (Å²) in [6.45, 7) is 4.53. The van der Waals surface area contributed by atoms with Crippen LogP contribution < -0.4 is 0 Å². The third kappa shape index (κ3) is 3.33. The molecule has 0 aromatic carbocycles. The Morgan fingerprint density at radius 3 is 2.05 bits per heavy atom. The molecule has 20 heavy (non-hydrogen) atoms. The van der Waals surface area contributed by atoms with Crippen LogP contribution in [0.3, 0.4) is 0 Å². The highest BCUT2D eigenvalue weighted by molar-refractivity contribution is 5.79. The van der Waals surface area contributed by atoms with E-state index in [0.717, 1.165) is 25.7 Å². The third-order valence-electron chi connectivity index (χ3n) is 5.26. The van der Waals surface area contributed by atoms with E-state index in [9.17, 15) is 9.59 Å². The molecule has 0 aromatic heterocycles. The normalized spacial score (nSPS) is 32.9. The number of aliphatic carboxylic acids is 1. The van der Waals surface area contributed by atoms with Crippen LogP contribution in [0.2, 0.25) is 0 Å². The maximum atomic E-state index is 12.6. The maximum Gasteiger partial charge on any atom is 0.306 e. The van der Waals surface area contributed by atoms with Crippen LogP contribution in [0.1, 0.15) is 58.8 Å². The van der Waals surface area contributed by atoms with Crippen molar-refractivity contribution in [3.8, 4) is 0 Å². The molecule has 1 atom stereocenters. The molecule has 4 nitrogen and oxygen atoms in total. The zero-order valence-electron chi connectivity index (χ0n) is 12.9. The Labute approximate surface area is 121 Å². The van der Waals surface area contributed by atoms with Gasteiger partial charge in [0, 0.05) is 19.0 Å². The molecule has 4 heteroatoms. The Bertz CT molecular complexity index is 383. The Hall–Kier alpha value is -1.06. The number of carboxylic acids is 1. The van der Waals surface area contributed by atoms with Gasteiger partial charge in [-0.15, -0.1) is 0 Å². The number of carboxylic acid groups (broad SMARTS) is 1. The first kappa shape index (κ1) is 15.3. The molecule has 0 spiro atoms. The molecular weight excluding hydrogens is 254 g/mol. The number of nitrogens with zero attached hydrogens (tertiary/aromatic N) is 1. The smallest absolute Gasteiger partial charge is 0.306 e. The second kappa shape index (κ2) is 5.74. The van der Waals surface area contributed by atoms with E-state index in [1.54, 1.807) is 0 Å². The minimum absolute atomic E-state index is 0.0410. The highest BCUT2D eigenvalue weighted by atomic mass is 16.4. The van der Waals surface area contributed by atoms with Crippen molar-refractivity contribution in [1.29, 1.82) is 0 Å². The van der Waals surface area contributed by atoms with Crippen LogP contribution in [0, 0.1) is 17.3 Å². The lowest BCUT2D eigenvalue weighted by Gasteiger charge is -2.32. The molecule has 1 N–H and O–H groups in total. The summed E-state index contributed by atoms with van der Waals surface area (Å²) in [6.07, 6.45) is 6.12. The quantitative estimate of drug-likeness (QED) is 0.865. The van der Waals surface area contributed by atoms with Crippen molar-refractivity contribution in [3.05, 3.63) is 0 Å². The molecule has 1 unspecified atom stereocenters. The fraction of sp³-hybridized carbons (Fsp3) is 0.875. The molecule has 0 bridgehead atoms. The Balaban J connectivity index is 1.87. The van der Waals surface area contributed by atoms with E-state index in [1.165, 1.54) is 6.42 Å². The topological polar surface area (TPSA) is 57.6 Å². The van der Waals surface area contributed by atoms with Crippen LogP contribution in [0.15, 0.2) is 0 Å². The minimum atomic E-state index is -0.707. The van der Waals surface area contributed by atoms with E-state index in [1.807, 2.05) is 11.9 Å². The summed E-state index contributed by atoms with van der Waals surface area (Å²) in [4.78, 5) is 25.4. The summed E-state index contributed by atoms with van der Waals surface area (Å²) >= 11 is 0. The van der Waals surface area contributed by atoms with E-state index >= 15 is 0 Å². The predicted octanol–water partition coefficient (Wildman–Crippen LogP) is 2.91. The number of carbonyl (C=O) groups is 2. The summed E-state index contributed by atoms with van der Waals surface area (Å²) in [5.41, 5.74) is 0.347. The second-order valence-corrected chi connectivity index (χ2v) is 7.40. The van der Waals surface area contributed by atoms with E-state index in [2.05, 4.69) is 13.8 Å². The van der Waals surface area contributed by atoms with Crippen molar-refractivity contribution in [2.45, 2.75) is 64.8 Å². The molecule has 2 fully saturated rings. The first-order valence-corrected chi connectivity index (χ1v) is 7.79. The SMILES string of the molecule is CN(C(=O)C1CCC(C(=O)O)CC1)C1CCC(C)(C)C1. The predicted molar refractivity (Wildman–Crippen MR) is 77.3 cm³/mol. The molecule has 2 saturated carbocycles. The Morgan fingerprint density at radius 2 is 1.60 bits per heavy atom. The zero-order valence-corrected chi connectivity index (χ0v) is 12.9. The lowest BCUT2D eigenvalue weighted by Crippen LogP contribution is -2.41. The first-order chi connectivity index (χ1) is 9.30. The van der Waals surface area contributed by atoms with Gasteiger partial charge in [-0.2, -0.15) is 0 Å². The minimum Gasteiger partial charge on any atom is -0.481 e. The Morgan fingerprint density at radius 1 is 1.05 bits per heavy atom. The van der Waals surface area contributed by atoms with E-state index in [0.29, 0.717) is 24.3 Å². The molecular formula is C16H27NO3. The standard InChI is InChI=1S/C16H27NO3/c1-16(2)9-8-13(10-16)17(3)14(18)11-4-6-12(7-5-11)15(19)20/h11-13H,4-10H2,1-3H3,(H,19,20). The van der Waals surface area contributed by atoms with Gasteiger partial charge in [-0.05, 0) is 50.4 Å². The monoisotopic (exact) mass is 281 g/mol. The lowest BCUT2D eigenvalue weighted by molar-refractivity contribution is -0.145. The number of amides is 1. The number of rotatable bonds is 3. The number of hydrogen-bond acceptors (Lipinski definition) is 2. The van der Waals surface area contributed by atoms with Crippen LogP contribution in [0.4, 0.5) is 0 Å². The van der Waals surface area contributed by atoms with Crippen LogP contribution in [-0.4, -0.2) is 35.0 Å². The highest BCUT2D eigenvalue weighted by Crippen LogP contribution is 2.40. The molecule has 0 heterocycles. The van der Waals surface area contributed by atoms with Gasteiger partial charge in [0.05, 0.1) is 5.92 Å². The molecule has 0 radical (unpaired) electrons.